The molecular weight excluding hydrogens is 306 g/mol. The van der Waals surface area contributed by atoms with Gasteiger partial charge in [0.2, 0.25) is 0 Å². The van der Waals surface area contributed by atoms with E-state index in [1.807, 2.05) is 0 Å². The molecule has 118 valence electrons. The lowest BCUT2D eigenvalue weighted by molar-refractivity contribution is -0.384. The quantitative estimate of drug-likeness (QED) is 0.472. The van der Waals surface area contributed by atoms with Crippen molar-refractivity contribution in [3.8, 4) is 0 Å². The van der Waals surface area contributed by atoms with Gasteiger partial charge in [-0.15, -0.1) is 0 Å². The lowest BCUT2D eigenvalue weighted by Gasteiger charge is -2.12. The molecule has 0 N–H and O–H groups in total. The number of carbonyl (C=O) groups excluding carboxylic acids is 1. The number of hydrogen-bond acceptors (Lipinski definition) is 5. The van der Waals surface area contributed by atoms with Gasteiger partial charge in [0.15, 0.2) is 15.6 Å². The second-order valence-electron chi connectivity index (χ2n) is 5.37. The Morgan fingerprint density at radius 1 is 1.32 bits per heavy atom. The van der Waals surface area contributed by atoms with Crippen LogP contribution in [0.1, 0.15) is 38.2 Å². The topological polar surface area (TPSA) is 94.3 Å². The number of ketones is 1. The summed E-state index contributed by atoms with van der Waals surface area (Å²) in [5.74, 6) is -0.543. The number of hydrogen-bond donors (Lipinski definition) is 0. The number of allylic oxidation sites excluding steroid dienone is 1. The van der Waals surface area contributed by atoms with Crippen molar-refractivity contribution >= 4 is 27.4 Å². The highest BCUT2D eigenvalue weighted by Gasteiger charge is 2.33. The minimum atomic E-state index is -3.69. The summed E-state index contributed by atoms with van der Waals surface area (Å²) >= 11 is 0. The number of Topliss-reactive ketones (excluding diaryl/α,β-unsaturated/α-hetero) is 1. The van der Waals surface area contributed by atoms with Crippen LogP contribution in [0.15, 0.2) is 29.2 Å². The minimum Gasteiger partial charge on any atom is -0.294 e. The fraction of sp³-hybridized carbons (Fsp3) is 0.400. The number of nitrogens with zero attached hydrogens (tertiary/aromatic N) is 1. The van der Waals surface area contributed by atoms with Crippen LogP contribution in [0.2, 0.25) is 0 Å². The van der Waals surface area contributed by atoms with Gasteiger partial charge < -0.3 is 0 Å². The molecule has 1 aliphatic rings. The fourth-order valence-corrected chi connectivity index (χ4v) is 4.66. The fourth-order valence-electron chi connectivity index (χ4n) is 2.64. The van der Waals surface area contributed by atoms with Gasteiger partial charge in [0.25, 0.3) is 5.69 Å². The Labute approximate surface area is 128 Å². The van der Waals surface area contributed by atoms with E-state index in [2.05, 4.69) is 0 Å². The molecule has 1 saturated carbocycles. The van der Waals surface area contributed by atoms with Crippen molar-refractivity contribution in [1.29, 1.82) is 0 Å². The molecule has 0 bridgehead atoms. The summed E-state index contributed by atoms with van der Waals surface area (Å²) in [6.07, 6.45) is 4.03. The summed E-state index contributed by atoms with van der Waals surface area (Å²) in [7, 11) is -3.69. The summed E-state index contributed by atoms with van der Waals surface area (Å²) in [6.45, 7) is 1.20. The molecule has 2 rings (SSSR count). The molecule has 0 heterocycles. The molecule has 0 spiro atoms. The van der Waals surface area contributed by atoms with Crippen LogP contribution in [0.3, 0.4) is 0 Å². The Kier molecular flexibility index (Phi) is 4.75. The smallest absolute Gasteiger partial charge is 0.270 e. The van der Waals surface area contributed by atoms with E-state index in [0.29, 0.717) is 18.4 Å². The summed E-state index contributed by atoms with van der Waals surface area (Å²) < 4.78 is 25.1. The third-order valence-corrected chi connectivity index (χ3v) is 6.14. The predicted octanol–water partition coefficient (Wildman–Crippen LogP) is 2.88. The van der Waals surface area contributed by atoms with Gasteiger partial charge in [-0.1, -0.05) is 25.0 Å². The van der Waals surface area contributed by atoms with Crippen LogP contribution in [0, 0.1) is 10.1 Å². The van der Waals surface area contributed by atoms with E-state index in [-0.39, 0.29) is 10.6 Å². The molecule has 0 atom stereocenters. The van der Waals surface area contributed by atoms with Crippen LogP contribution in [0.4, 0.5) is 5.69 Å². The summed E-state index contributed by atoms with van der Waals surface area (Å²) in [6, 6.07) is 5.58. The monoisotopic (exact) mass is 323 g/mol. The second kappa shape index (κ2) is 6.39. The first-order chi connectivity index (χ1) is 10.3. The highest BCUT2D eigenvalue weighted by molar-refractivity contribution is 7.97. The van der Waals surface area contributed by atoms with Crippen molar-refractivity contribution in [2.45, 2.75) is 37.9 Å². The molecule has 22 heavy (non-hydrogen) atoms. The molecule has 0 amide bonds. The molecule has 1 aromatic rings. The molecule has 6 nitrogen and oxygen atoms in total. The van der Waals surface area contributed by atoms with E-state index in [1.54, 1.807) is 6.07 Å². The Balaban J connectivity index is 2.45. The SMILES string of the molecule is CC(=O)C(=Cc1cccc([N+](=O)[O-])c1)S(=O)(=O)C1CCCC1. The van der Waals surface area contributed by atoms with Gasteiger partial charge in [0, 0.05) is 12.1 Å². The zero-order valence-electron chi connectivity index (χ0n) is 12.2. The van der Waals surface area contributed by atoms with Gasteiger partial charge >= 0.3 is 0 Å². The van der Waals surface area contributed by atoms with Crippen LogP contribution < -0.4 is 0 Å². The van der Waals surface area contributed by atoms with Crippen LogP contribution in [-0.2, 0) is 14.6 Å². The Morgan fingerprint density at radius 3 is 2.50 bits per heavy atom. The maximum Gasteiger partial charge on any atom is 0.270 e. The van der Waals surface area contributed by atoms with Gasteiger partial charge in [-0.05, 0) is 31.4 Å². The number of nitro benzene ring substituents is 1. The molecule has 1 aliphatic carbocycles. The van der Waals surface area contributed by atoms with Gasteiger partial charge in [0.1, 0.15) is 4.91 Å². The number of carbonyl (C=O) groups is 1. The zero-order chi connectivity index (χ0) is 16.3. The van der Waals surface area contributed by atoms with E-state index < -0.39 is 25.8 Å². The largest absolute Gasteiger partial charge is 0.294 e. The summed E-state index contributed by atoms with van der Waals surface area (Å²) in [4.78, 5) is 21.7. The highest BCUT2D eigenvalue weighted by Crippen LogP contribution is 2.30. The third kappa shape index (κ3) is 3.41. The number of sulfone groups is 1. The molecule has 0 unspecified atom stereocenters. The van der Waals surface area contributed by atoms with Gasteiger partial charge in [0.05, 0.1) is 10.2 Å². The summed E-state index contributed by atoms with van der Waals surface area (Å²) in [5.41, 5.74) is 0.191. The molecule has 1 fully saturated rings. The van der Waals surface area contributed by atoms with Crippen molar-refractivity contribution in [3.63, 3.8) is 0 Å². The van der Waals surface area contributed by atoms with E-state index in [0.717, 1.165) is 12.8 Å². The summed E-state index contributed by atoms with van der Waals surface area (Å²) in [5, 5.41) is 10.3. The lowest BCUT2D eigenvalue weighted by Crippen LogP contribution is -2.22. The van der Waals surface area contributed by atoms with Gasteiger partial charge in [-0.2, -0.15) is 0 Å². The first kappa shape index (κ1) is 16.4. The Bertz CT molecular complexity index is 730. The van der Waals surface area contributed by atoms with Gasteiger partial charge in [-0.3, -0.25) is 14.9 Å². The third-order valence-electron chi connectivity index (χ3n) is 3.77. The minimum absolute atomic E-state index is 0.144. The zero-order valence-corrected chi connectivity index (χ0v) is 13.0. The average Bonchev–Trinajstić information content (AvgIpc) is 2.99. The van der Waals surface area contributed by atoms with Gasteiger partial charge in [-0.25, -0.2) is 8.42 Å². The molecule has 7 heteroatoms. The molecule has 0 radical (unpaired) electrons. The van der Waals surface area contributed by atoms with Crippen LogP contribution in [0.25, 0.3) is 6.08 Å². The van der Waals surface area contributed by atoms with Crippen molar-refractivity contribution in [1.82, 2.24) is 0 Å². The first-order valence-corrected chi connectivity index (χ1v) is 8.58. The number of rotatable bonds is 5. The van der Waals surface area contributed by atoms with Crippen molar-refractivity contribution in [3.05, 3.63) is 44.8 Å². The normalized spacial score (nSPS) is 16.7. The molecule has 0 aromatic heterocycles. The van der Waals surface area contributed by atoms with E-state index in [9.17, 15) is 23.3 Å². The van der Waals surface area contributed by atoms with E-state index in [1.165, 1.54) is 31.2 Å². The number of nitro groups is 1. The molecule has 0 saturated heterocycles. The van der Waals surface area contributed by atoms with Crippen molar-refractivity contribution in [2.75, 3.05) is 0 Å². The Morgan fingerprint density at radius 2 is 1.95 bits per heavy atom. The highest BCUT2D eigenvalue weighted by atomic mass is 32.2. The van der Waals surface area contributed by atoms with Crippen LogP contribution >= 0.6 is 0 Å². The Hall–Kier alpha value is -2.02. The number of non-ortho nitro benzene ring substituents is 1. The predicted molar refractivity (Wildman–Crippen MR) is 82.9 cm³/mol. The standard InChI is InChI=1S/C15H17NO5S/c1-11(17)15(22(20,21)14-7-2-3-8-14)10-12-5-4-6-13(9-12)16(18)19/h4-6,9-10,14H,2-3,7-8H2,1H3. The molecule has 1 aromatic carbocycles. The van der Waals surface area contributed by atoms with E-state index >= 15 is 0 Å². The maximum atomic E-state index is 12.6. The lowest BCUT2D eigenvalue weighted by atomic mass is 10.2. The maximum absolute atomic E-state index is 12.6. The van der Waals surface area contributed by atoms with Crippen molar-refractivity contribution < 1.29 is 18.1 Å². The average molecular weight is 323 g/mol. The second-order valence-corrected chi connectivity index (χ2v) is 7.56. The van der Waals surface area contributed by atoms with Crippen LogP contribution in [-0.4, -0.2) is 24.4 Å². The van der Waals surface area contributed by atoms with E-state index in [4.69, 9.17) is 0 Å². The van der Waals surface area contributed by atoms with Crippen molar-refractivity contribution in [2.24, 2.45) is 0 Å². The number of benzene rings is 1. The van der Waals surface area contributed by atoms with Crippen LogP contribution in [0.5, 0.6) is 0 Å². The first-order valence-electron chi connectivity index (χ1n) is 7.03. The molecular formula is C15H17NO5S. The molecule has 0 aliphatic heterocycles.